The van der Waals surface area contributed by atoms with Crippen LogP contribution in [0.15, 0.2) is 65.8 Å². The first-order valence-electron chi connectivity index (χ1n) is 11.2. The molecular weight excluding hydrogens is 414 g/mol. The number of aromatic nitrogens is 1. The number of fused-ring (bicyclic) bond motifs is 1. The van der Waals surface area contributed by atoms with Crippen LogP contribution in [0.4, 0.5) is 5.69 Å². The summed E-state index contributed by atoms with van der Waals surface area (Å²) < 4.78 is 5.61. The average Bonchev–Trinajstić information content (AvgIpc) is 2.85. The van der Waals surface area contributed by atoms with E-state index in [0.717, 1.165) is 39.0 Å². The van der Waals surface area contributed by atoms with Crippen LogP contribution in [-0.2, 0) is 14.9 Å². The van der Waals surface area contributed by atoms with Crippen LogP contribution in [0.1, 0.15) is 29.7 Å². The van der Waals surface area contributed by atoms with Gasteiger partial charge in [-0.3, -0.25) is 9.78 Å². The second-order valence-electron chi connectivity index (χ2n) is 8.61. The summed E-state index contributed by atoms with van der Waals surface area (Å²) in [6.45, 7) is 3.71. The fourth-order valence-electron chi connectivity index (χ4n) is 4.53. The smallest absolute Gasteiger partial charge is 0.235 e. The second kappa shape index (κ2) is 8.67. The molecular formula is C26H27N5O2. The van der Waals surface area contributed by atoms with Crippen molar-refractivity contribution in [1.29, 1.82) is 0 Å². The molecule has 3 aromatic rings. The molecule has 0 atom stereocenters. The van der Waals surface area contributed by atoms with Gasteiger partial charge >= 0.3 is 0 Å². The van der Waals surface area contributed by atoms with E-state index in [0.29, 0.717) is 38.6 Å². The third-order valence-corrected chi connectivity index (χ3v) is 6.50. The molecule has 1 amide bonds. The summed E-state index contributed by atoms with van der Waals surface area (Å²) in [4.78, 5) is 22.4. The van der Waals surface area contributed by atoms with Crippen LogP contribution in [0.25, 0.3) is 16.5 Å². The number of nitrogens with one attached hydrogen (secondary N) is 2. The Balaban J connectivity index is 1.42. The molecule has 2 aliphatic heterocycles. The third kappa shape index (κ3) is 4.19. The number of rotatable bonds is 4. The second-order valence-corrected chi connectivity index (χ2v) is 8.61. The molecule has 1 fully saturated rings. The quantitative estimate of drug-likeness (QED) is 0.575. The molecule has 0 radical (unpaired) electrons. The Labute approximate surface area is 192 Å². The van der Waals surface area contributed by atoms with E-state index in [-0.39, 0.29) is 5.91 Å². The summed E-state index contributed by atoms with van der Waals surface area (Å²) in [5.41, 5.74) is 10.8. The fraction of sp³-hybridized carbons (Fsp3) is 0.269. The van der Waals surface area contributed by atoms with E-state index >= 15 is 0 Å². The lowest BCUT2D eigenvalue weighted by atomic mass is 9.73. The van der Waals surface area contributed by atoms with Crippen LogP contribution in [-0.4, -0.2) is 36.6 Å². The first-order chi connectivity index (χ1) is 16.0. The zero-order chi connectivity index (χ0) is 22.8. The number of amides is 1. The molecule has 0 saturated carbocycles. The highest BCUT2D eigenvalue weighted by molar-refractivity contribution is 6.00. The van der Waals surface area contributed by atoms with Gasteiger partial charge in [-0.25, -0.2) is 4.99 Å². The number of nitrogens with zero attached hydrogens (tertiary/aromatic N) is 2. The van der Waals surface area contributed by atoms with Gasteiger partial charge in [-0.2, -0.15) is 0 Å². The molecule has 33 heavy (non-hydrogen) atoms. The number of hydrogen-bond acceptors (Lipinski definition) is 6. The van der Waals surface area contributed by atoms with Crippen LogP contribution in [0.5, 0.6) is 0 Å². The van der Waals surface area contributed by atoms with Crippen LogP contribution in [0, 0.1) is 6.92 Å². The van der Waals surface area contributed by atoms with Gasteiger partial charge in [-0.1, -0.05) is 30.3 Å². The number of pyridine rings is 1. The number of aryl methyl sites for hydroxylation is 1. The number of carbonyl (C=O) groups excluding carboxylic acids is 1. The summed E-state index contributed by atoms with van der Waals surface area (Å²) in [7, 11) is 0. The van der Waals surface area contributed by atoms with Crippen molar-refractivity contribution < 1.29 is 9.53 Å². The average molecular weight is 442 g/mol. The number of nitrogens with two attached hydrogens (primary N) is 1. The lowest BCUT2D eigenvalue weighted by molar-refractivity contribution is -0.125. The highest BCUT2D eigenvalue weighted by Gasteiger charge is 2.41. The number of anilines is 1. The molecule has 0 spiro atoms. The topological polar surface area (TPSA) is 102 Å². The van der Waals surface area contributed by atoms with Crippen molar-refractivity contribution in [3.8, 4) is 0 Å². The largest absolute Gasteiger partial charge is 0.381 e. The number of aliphatic imine (C=N–C) groups is 1. The minimum atomic E-state index is -0.640. The van der Waals surface area contributed by atoms with Gasteiger partial charge in [0.05, 0.1) is 10.9 Å². The Morgan fingerprint density at radius 1 is 1.09 bits per heavy atom. The molecule has 7 nitrogen and oxygen atoms in total. The maximum absolute atomic E-state index is 13.7. The number of hydrogen-bond donors (Lipinski definition) is 3. The summed E-state index contributed by atoms with van der Waals surface area (Å²) in [5, 5.41) is 7.22. The predicted octanol–water partition coefficient (Wildman–Crippen LogP) is 3.49. The number of carbonyl (C=O) groups is 1. The van der Waals surface area contributed by atoms with Crippen molar-refractivity contribution in [3.05, 3.63) is 77.6 Å². The molecule has 3 heterocycles. The van der Waals surface area contributed by atoms with Crippen molar-refractivity contribution in [3.63, 3.8) is 0 Å². The first kappa shape index (κ1) is 21.2. The van der Waals surface area contributed by atoms with Crippen molar-refractivity contribution in [2.24, 2.45) is 10.7 Å². The van der Waals surface area contributed by atoms with E-state index in [2.05, 4.69) is 32.7 Å². The molecule has 5 rings (SSSR count). The minimum absolute atomic E-state index is 0.00565. The Hall–Kier alpha value is -3.71. The van der Waals surface area contributed by atoms with E-state index in [1.165, 1.54) is 0 Å². The van der Waals surface area contributed by atoms with Crippen LogP contribution >= 0.6 is 0 Å². The van der Waals surface area contributed by atoms with E-state index < -0.39 is 5.41 Å². The Bertz CT molecular complexity index is 1260. The molecule has 1 aromatic heterocycles. The zero-order valence-electron chi connectivity index (χ0n) is 18.6. The Morgan fingerprint density at radius 3 is 2.61 bits per heavy atom. The van der Waals surface area contributed by atoms with E-state index in [1.807, 2.05) is 49.4 Å². The molecule has 7 heteroatoms. The molecule has 2 aromatic carbocycles. The monoisotopic (exact) mass is 441 g/mol. The number of benzene rings is 2. The Kier molecular flexibility index (Phi) is 5.56. The van der Waals surface area contributed by atoms with Gasteiger partial charge in [0.25, 0.3) is 0 Å². The van der Waals surface area contributed by atoms with Gasteiger partial charge in [-0.15, -0.1) is 0 Å². The zero-order valence-corrected chi connectivity index (χ0v) is 18.6. The van der Waals surface area contributed by atoms with Crippen molar-refractivity contribution >= 4 is 34.0 Å². The van der Waals surface area contributed by atoms with Crippen LogP contribution in [0.2, 0.25) is 0 Å². The van der Waals surface area contributed by atoms with E-state index in [9.17, 15) is 4.79 Å². The molecule has 4 N–H and O–H groups in total. The summed E-state index contributed by atoms with van der Waals surface area (Å²) in [6, 6.07) is 18.1. The molecule has 168 valence electrons. The van der Waals surface area contributed by atoms with Gasteiger partial charge in [0, 0.05) is 42.7 Å². The molecule has 0 unspecified atom stereocenters. The Morgan fingerprint density at radius 2 is 1.88 bits per heavy atom. The molecule has 1 saturated heterocycles. The van der Waals surface area contributed by atoms with Gasteiger partial charge in [0.15, 0.2) is 5.96 Å². The summed E-state index contributed by atoms with van der Waals surface area (Å²) >= 11 is 0. The fourth-order valence-corrected chi connectivity index (χ4v) is 4.53. The maximum atomic E-state index is 13.7. The van der Waals surface area contributed by atoms with Gasteiger partial charge < -0.3 is 21.1 Å². The standard InChI is InChI=1S/C26H27N5O2/c1-17-2-3-19-14-22(8-9-23(19)30-17)31-24(32)26(10-12-33-13-11-26)21-6-4-18(5-7-21)20-15-28-25(27)29-16-20/h2-9,14-15H,10-13,16H2,1H3,(H,31,32)(H3,27,28,29). The normalized spacial score (nSPS) is 17.6. The van der Waals surface area contributed by atoms with Crippen molar-refractivity contribution in [2.45, 2.75) is 25.2 Å². The van der Waals surface area contributed by atoms with Gasteiger partial charge in [0.1, 0.15) is 0 Å². The number of guanidine groups is 1. The molecule has 0 aliphatic carbocycles. The van der Waals surface area contributed by atoms with E-state index in [1.54, 1.807) is 6.20 Å². The van der Waals surface area contributed by atoms with Crippen LogP contribution in [0.3, 0.4) is 0 Å². The van der Waals surface area contributed by atoms with Crippen LogP contribution < -0.4 is 16.4 Å². The molecule has 0 bridgehead atoms. The van der Waals surface area contributed by atoms with E-state index in [4.69, 9.17) is 10.5 Å². The maximum Gasteiger partial charge on any atom is 0.235 e. The lowest BCUT2D eigenvalue weighted by Crippen LogP contribution is -2.44. The highest BCUT2D eigenvalue weighted by Crippen LogP contribution is 2.37. The van der Waals surface area contributed by atoms with Gasteiger partial charge in [0.2, 0.25) is 5.91 Å². The SMILES string of the molecule is Cc1ccc2cc(NC(=O)C3(c4ccc(C5=CN=C(N)NC5)cc4)CCOCC3)ccc2n1. The van der Waals surface area contributed by atoms with Gasteiger partial charge in [-0.05, 0) is 60.7 Å². The summed E-state index contributed by atoms with van der Waals surface area (Å²) in [6.07, 6.45) is 3.06. The van der Waals surface area contributed by atoms with Crippen molar-refractivity contribution in [1.82, 2.24) is 10.3 Å². The third-order valence-electron chi connectivity index (χ3n) is 6.50. The highest BCUT2D eigenvalue weighted by atomic mass is 16.5. The lowest BCUT2D eigenvalue weighted by Gasteiger charge is -2.36. The number of ether oxygens (including phenoxy) is 1. The summed E-state index contributed by atoms with van der Waals surface area (Å²) in [5.74, 6) is 0.418. The molecule has 2 aliphatic rings. The van der Waals surface area contributed by atoms with Crippen molar-refractivity contribution in [2.75, 3.05) is 25.1 Å². The first-order valence-corrected chi connectivity index (χ1v) is 11.2. The minimum Gasteiger partial charge on any atom is -0.381 e. The predicted molar refractivity (Wildman–Crippen MR) is 131 cm³/mol.